The Bertz CT molecular complexity index is 711. The van der Waals surface area contributed by atoms with Gasteiger partial charge in [0.05, 0.1) is 7.11 Å². The van der Waals surface area contributed by atoms with Crippen molar-refractivity contribution in [2.75, 3.05) is 19.0 Å². The molecule has 1 rings (SSSR count). The summed E-state index contributed by atoms with van der Waals surface area (Å²) in [7, 11) is 1.22. The van der Waals surface area contributed by atoms with E-state index in [2.05, 4.69) is 20.7 Å². The molecule has 1 aromatic rings. The molecule has 0 aliphatic rings. The normalized spacial score (nSPS) is 11.7. The van der Waals surface area contributed by atoms with Crippen molar-refractivity contribution in [3.8, 4) is 0 Å². The van der Waals surface area contributed by atoms with E-state index in [1.54, 1.807) is 20.8 Å². The van der Waals surface area contributed by atoms with Crippen molar-refractivity contribution in [2.24, 2.45) is 0 Å². The Kier molecular flexibility index (Phi) is 8.24. The van der Waals surface area contributed by atoms with Crippen LogP contribution in [0.15, 0.2) is 24.3 Å². The van der Waals surface area contributed by atoms with Crippen molar-refractivity contribution < 1.29 is 33.8 Å². The van der Waals surface area contributed by atoms with Gasteiger partial charge in [-0.25, -0.2) is 14.4 Å². The molecule has 0 aromatic heterocycles. The molecule has 0 saturated carbocycles. The number of aliphatic carboxylic acids is 1. The van der Waals surface area contributed by atoms with Crippen molar-refractivity contribution in [1.29, 1.82) is 0 Å². The third-order valence-corrected chi connectivity index (χ3v) is 3.28. The average molecular weight is 395 g/mol. The first-order valence-electron chi connectivity index (χ1n) is 8.47. The van der Waals surface area contributed by atoms with E-state index >= 15 is 0 Å². The Hall–Kier alpha value is -3.30. The van der Waals surface area contributed by atoms with E-state index in [1.807, 2.05) is 0 Å². The van der Waals surface area contributed by atoms with Crippen molar-refractivity contribution >= 4 is 29.8 Å². The number of carboxylic acids is 1. The first-order chi connectivity index (χ1) is 13.0. The minimum atomic E-state index is -1.23. The molecule has 1 atom stereocenters. The molecule has 3 amide bonds. The maximum Gasteiger partial charge on any atom is 0.411 e. The number of benzene rings is 1. The molecule has 0 radical (unpaired) electrons. The van der Waals surface area contributed by atoms with Crippen LogP contribution in [0.2, 0.25) is 0 Å². The summed E-state index contributed by atoms with van der Waals surface area (Å²) >= 11 is 0. The first kappa shape index (κ1) is 22.7. The lowest BCUT2D eigenvalue weighted by Crippen LogP contribution is -2.43. The molecule has 0 aliphatic heterocycles. The number of ether oxygens (including phenoxy) is 2. The summed E-state index contributed by atoms with van der Waals surface area (Å²) in [6, 6.07) is 4.61. The molecule has 10 nitrogen and oxygen atoms in total. The minimum absolute atomic E-state index is 0.00808. The van der Waals surface area contributed by atoms with E-state index < -0.39 is 35.7 Å². The van der Waals surface area contributed by atoms with Crippen LogP contribution in [0.25, 0.3) is 0 Å². The average Bonchev–Trinajstić information content (AvgIpc) is 2.59. The Morgan fingerprint density at radius 2 is 1.68 bits per heavy atom. The van der Waals surface area contributed by atoms with Crippen LogP contribution in [-0.2, 0) is 14.3 Å². The molecule has 0 saturated heterocycles. The second kappa shape index (κ2) is 10.1. The van der Waals surface area contributed by atoms with Gasteiger partial charge in [-0.3, -0.25) is 10.1 Å². The SMILES string of the molecule is COC(=O)Nc1ccc(C(=O)N[C@@H](CCNC(=O)OC(C)(C)C)C(=O)O)cc1. The number of carbonyl (C=O) groups excluding carboxylic acids is 3. The highest BCUT2D eigenvalue weighted by Gasteiger charge is 2.22. The van der Waals surface area contributed by atoms with Crippen molar-refractivity contribution in [3.63, 3.8) is 0 Å². The fourth-order valence-corrected chi connectivity index (χ4v) is 2.01. The molecular formula is C18H25N3O7. The maximum absolute atomic E-state index is 12.2. The number of rotatable bonds is 7. The molecule has 1 aromatic carbocycles. The van der Waals surface area contributed by atoms with E-state index in [1.165, 1.54) is 31.4 Å². The summed E-state index contributed by atoms with van der Waals surface area (Å²) < 4.78 is 9.51. The lowest BCUT2D eigenvalue weighted by Gasteiger charge is -2.20. The third-order valence-electron chi connectivity index (χ3n) is 3.28. The molecular weight excluding hydrogens is 370 g/mol. The van der Waals surface area contributed by atoms with Gasteiger partial charge in [0.2, 0.25) is 0 Å². The fraction of sp³-hybridized carbons (Fsp3) is 0.444. The van der Waals surface area contributed by atoms with Crippen LogP contribution in [0.5, 0.6) is 0 Å². The van der Waals surface area contributed by atoms with Gasteiger partial charge in [-0.2, -0.15) is 0 Å². The number of alkyl carbamates (subject to hydrolysis) is 1. The van der Waals surface area contributed by atoms with Crippen molar-refractivity contribution in [3.05, 3.63) is 29.8 Å². The van der Waals surface area contributed by atoms with Crippen LogP contribution in [0.3, 0.4) is 0 Å². The highest BCUT2D eigenvalue weighted by atomic mass is 16.6. The number of amides is 3. The van der Waals surface area contributed by atoms with Crippen molar-refractivity contribution in [1.82, 2.24) is 10.6 Å². The minimum Gasteiger partial charge on any atom is -0.480 e. The van der Waals surface area contributed by atoms with E-state index in [9.17, 15) is 24.3 Å². The van der Waals surface area contributed by atoms with E-state index in [-0.39, 0.29) is 18.5 Å². The lowest BCUT2D eigenvalue weighted by molar-refractivity contribution is -0.139. The second-order valence-electron chi connectivity index (χ2n) is 6.78. The molecule has 0 heterocycles. The zero-order valence-corrected chi connectivity index (χ0v) is 16.2. The molecule has 0 bridgehead atoms. The van der Waals surface area contributed by atoms with Gasteiger partial charge in [0, 0.05) is 17.8 Å². The summed E-state index contributed by atoms with van der Waals surface area (Å²) in [5, 5.41) is 16.5. The van der Waals surface area contributed by atoms with E-state index in [4.69, 9.17) is 4.74 Å². The van der Waals surface area contributed by atoms with Crippen LogP contribution in [0, 0.1) is 0 Å². The number of anilines is 1. The van der Waals surface area contributed by atoms with Gasteiger partial charge >= 0.3 is 18.2 Å². The molecule has 4 N–H and O–H groups in total. The molecule has 0 aliphatic carbocycles. The topological polar surface area (TPSA) is 143 Å². The molecule has 154 valence electrons. The van der Waals surface area contributed by atoms with Crippen LogP contribution in [0.1, 0.15) is 37.6 Å². The molecule has 10 heteroatoms. The number of hydrogen-bond acceptors (Lipinski definition) is 6. The van der Waals surface area contributed by atoms with Crippen molar-refractivity contribution in [2.45, 2.75) is 38.8 Å². The number of carboxylic acid groups (broad SMARTS) is 1. The second-order valence-corrected chi connectivity index (χ2v) is 6.78. The predicted octanol–water partition coefficient (Wildman–Crippen LogP) is 1.96. The van der Waals surface area contributed by atoms with Gasteiger partial charge in [0.25, 0.3) is 5.91 Å². The summed E-state index contributed by atoms with van der Waals surface area (Å²) in [6.45, 7) is 5.13. The zero-order chi connectivity index (χ0) is 21.3. The Labute approximate surface area is 162 Å². The number of nitrogens with one attached hydrogen (secondary N) is 3. The van der Waals surface area contributed by atoms with Gasteiger partial charge in [0.1, 0.15) is 11.6 Å². The zero-order valence-electron chi connectivity index (χ0n) is 16.2. The monoisotopic (exact) mass is 395 g/mol. The molecule has 0 fully saturated rings. The standard InChI is InChI=1S/C18H25N3O7/c1-18(2,3)28-16(25)19-10-9-13(15(23)24)21-14(22)11-5-7-12(8-6-11)20-17(26)27-4/h5-8,13H,9-10H2,1-4H3,(H,19,25)(H,20,26)(H,21,22)(H,23,24)/t13-/m0/s1. The van der Waals surface area contributed by atoms with E-state index in [0.29, 0.717) is 5.69 Å². The predicted molar refractivity (Wildman–Crippen MR) is 100 cm³/mol. The third kappa shape index (κ3) is 8.39. The fourth-order valence-electron chi connectivity index (χ4n) is 2.01. The first-order valence-corrected chi connectivity index (χ1v) is 8.47. The van der Waals surface area contributed by atoms with Gasteiger partial charge in [-0.05, 0) is 51.5 Å². The molecule has 0 spiro atoms. The number of carbonyl (C=O) groups is 4. The van der Waals surface area contributed by atoms with Gasteiger partial charge in [-0.1, -0.05) is 0 Å². The molecule has 0 unspecified atom stereocenters. The van der Waals surface area contributed by atoms with Gasteiger partial charge < -0.3 is 25.2 Å². The summed E-state index contributed by atoms with van der Waals surface area (Å²) in [4.78, 5) is 46.3. The number of hydrogen-bond donors (Lipinski definition) is 4. The lowest BCUT2D eigenvalue weighted by atomic mass is 10.1. The quantitative estimate of drug-likeness (QED) is 0.552. The summed E-state index contributed by atoms with van der Waals surface area (Å²) in [6.07, 6.45) is -1.35. The van der Waals surface area contributed by atoms with Crippen LogP contribution >= 0.6 is 0 Å². The van der Waals surface area contributed by atoms with E-state index in [0.717, 1.165) is 0 Å². The highest BCUT2D eigenvalue weighted by Crippen LogP contribution is 2.10. The maximum atomic E-state index is 12.2. The van der Waals surface area contributed by atoms with Crippen LogP contribution in [-0.4, -0.2) is 54.5 Å². The Morgan fingerprint density at radius 1 is 1.07 bits per heavy atom. The molecule has 28 heavy (non-hydrogen) atoms. The smallest absolute Gasteiger partial charge is 0.411 e. The van der Waals surface area contributed by atoms with Crippen LogP contribution in [0.4, 0.5) is 15.3 Å². The largest absolute Gasteiger partial charge is 0.480 e. The Morgan fingerprint density at radius 3 is 2.18 bits per heavy atom. The summed E-state index contributed by atoms with van der Waals surface area (Å²) in [5.41, 5.74) is -0.0409. The number of methoxy groups -OCH3 is 1. The Balaban J connectivity index is 2.59. The van der Waals surface area contributed by atoms with Crippen LogP contribution < -0.4 is 16.0 Å². The van der Waals surface area contributed by atoms with Gasteiger partial charge in [0.15, 0.2) is 0 Å². The van der Waals surface area contributed by atoms with Gasteiger partial charge in [-0.15, -0.1) is 0 Å². The highest BCUT2D eigenvalue weighted by molar-refractivity contribution is 5.97. The summed E-state index contributed by atoms with van der Waals surface area (Å²) in [5.74, 6) is -1.84.